The monoisotopic (exact) mass is 348 g/mol. The molecule has 0 spiro atoms. The number of amides is 1. The summed E-state index contributed by atoms with van der Waals surface area (Å²) in [6, 6.07) is -0.0351. The van der Waals surface area contributed by atoms with E-state index in [9.17, 15) is 9.18 Å². The third-order valence-electron chi connectivity index (χ3n) is 4.85. The van der Waals surface area contributed by atoms with Gasteiger partial charge in [-0.25, -0.2) is 9.37 Å². The summed E-state index contributed by atoms with van der Waals surface area (Å²) < 4.78 is 14.9. The second kappa shape index (κ2) is 7.26. The number of rotatable bonds is 5. The van der Waals surface area contributed by atoms with Crippen molar-refractivity contribution in [2.75, 3.05) is 17.7 Å². The summed E-state index contributed by atoms with van der Waals surface area (Å²) in [5.74, 6) is -0.310. The van der Waals surface area contributed by atoms with E-state index in [-0.39, 0.29) is 35.9 Å². The number of nitrogens with zero attached hydrogens (tertiary/aromatic N) is 1. The molecule has 2 heterocycles. The van der Waals surface area contributed by atoms with Gasteiger partial charge in [-0.05, 0) is 19.8 Å². The van der Waals surface area contributed by atoms with Crippen molar-refractivity contribution in [1.29, 1.82) is 0 Å². The minimum absolute atomic E-state index is 0.0127. The number of nitrogens with one attached hydrogen (secondary N) is 4. The first-order valence-corrected chi connectivity index (χ1v) is 8.65. The van der Waals surface area contributed by atoms with E-state index in [1.165, 1.54) is 0 Å². The molecule has 1 fully saturated rings. The van der Waals surface area contributed by atoms with E-state index < -0.39 is 5.82 Å². The SMILES string of the molecule is CN/C(C)=C\Nc1nc(N[C@@H]2CCCC[C@@H]2N)c(F)c2c1C(=O)NC2. The van der Waals surface area contributed by atoms with Gasteiger partial charge in [0, 0.05) is 43.1 Å². The number of halogens is 1. The van der Waals surface area contributed by atoms with E-state index in [1.807, 2.05) is 6.92 Å². The highest BCUT2D eigenvalue weighted by Crippen LogP contribution is 2.31. The fraction of sp³-hybridized carbons (Fsp3) is 0.529. The first-order valence-electron chi connectivity index (χ1n) is 8.65. The van der Waals surface area contributed by atoms with Gasteiger partial charge in [-0.3, -0.25) is 4.79 Å². The van der Waals surface area contributed by atoms with Crippen molar-refractivity contribution in [1.82, 2.24) is 15.6 Å². The third-order valence-corrected chi connectivity index (χ3v) is 4.85. The van der Waals surface area contributed by atoms with Crippen LogP contribution in [0.5, 0.6) is 0 Å². The van der Waals surface area contributed by atoms with E-state index in [4.69, 9.17) is 5.73 Å². The number of hydrogen-bond donors (Lipinski definition) is 5. The molecular weight excluding hydrogens is 323 g/mol. The fourth-order valence-electron chi connectivity index (χ4n) is 3.24. The number of aromatic nitrogens is 1. The molecule has 2 aliphatic rings. The average Bonchev–Trinajstić information content (AvgIpc) is 3.00. The van der Waals surface area contributed by atoms with Crippen molar-refractivity contribution in [3.05, 3.63) is 28.8 Å². The molecule has 1 aliphatic carbocycles. The van der Waals surface area contributed by atoms with Crippen molar-refractivity contribution < 1.29 is 9.18 Å². The van der Waals surface area contributed by atoms with Crippen LogP contribution in [0.25, 0.3) is 0 Å². The predicted octanol–water partition coefficient (Wildman–Crippen LogP) is 1.64. The van der Waals surface area contributed by atoms with Crippen molar-refractivity contribution in [2.24, 2.45) is 5.73 Å². The highest BCUT2D eigenvalue weighted by Gasteiger charge is 2.31. The summed E-state index contributed by atoms with van der Waals surface area (Å²) in [5, 5.41) is 11.8. The molecule has 0 unspecified atom stereocenters. The lowest BCUT2D eigenvalue weighted by molar-refractivity contribution is 0.0966. The maximum absolute atomic E-state index is 14.9. The number of carbonyl (C=O) groups excluding carboxylic acids is 1. The molecule has 0 bridgehead atoms. The maximum Gasteiger partial charge on any atom is 0.255 e. The molecule has 1 aromatic rings. The van der Waals surface area contributed by atoms with Crippen LogP contribution >= 0.6 is 0 Å². The Morgan fingerprint density at radius 3 is 2.84 bits per heavy atom. The zero-order valence-corrected chi connectivity index (χ0v) is 14.6. The van der Waals surface area contributed by atoms with Gasteiger partial charge in [0.15, 0.2) is 11.6 Å². The quantitative estimate of drug-likeness (QED) is 0.554. The summed E-state index contributed by atoms with van der Waals surface area (Å²) in [4.78, 5) is 16.4. The van der Waals surface area contributed by atoms with Crippen molar-refractivity contribution in [3.63, 3.8) is 0 Å². The Labute approximate surface area is 146 Å². The van der Waals surface area contributed by atoms with Gasteiger partial charge < -0.3 is 27.0 Å². The lowest BCUT2D eigenvalue weighted by atomic mass is 9.91. The molecule has 6 N–H and O–H groups in total. The van der Waals surface area contributed by atoms with Crippen LogP contribution in [-0.2, 0) is 6.54 Å². The highest BCUT2D eigenvalue weighted by atomic mass is 19.1. The van der Waals surface area contributed by atoms with Gasteiger partial charge in [-0.2, -0.15) is 0 Å². The first kappa shape index (κ1) is 17.5. The minimum Gasteiger partial charge on any atom is -0.390 e. The van der Waals surface area contributed by atoms with Gasteiger partial charge in [0.1, 0.15) is 5.82 Å². The van der Waals surface area contributed by atoms with E-state index in [0.717, 1.165) is 31.4 Å². The molecule has 7 nitrogen and oxygen atoms in total. The van der Waals surface area contributed by atoms with Crippen molar-refractivity contribution >= 4 is 17.5 Å². The zero-order valence-electron chi connectivity index (χ0n) is 14.6. The highest BCUT2D eigenvalue weighted by molar-refractivity contribution is 6.03. The largest absolute Gasteiger partial charge is 0.390 e. The smallest absolute Gasteiger partial charge is 0.255 e. The van der Waals surface area contributed by atoms with Crippen molar-refractivity contribution in [3.8, 4) is 0 Å². The van der Waals surface area contributed by atoms with Gasteiger partial charge in [0.05, 0.1) is 5.56 Å². The molecule has 1 aromatic heterocycles. The number of anilines is 2. The molecule has 136 valence electrons. The maximum atomic E-state index is 14.9. The van der Waals surface area contributed by atoms with Gasteiger partial charge >= 0.3 is 0 Å². The lowest BCUT2D eigenvalue weighted by Crippen LogP contribution is -2.43. The number of carbonyl (C=O) groups is 1. The second-order valence-corrected chi connectivity index (χ2v) is 6.58. The van der Waals surface area contributed by atoms with Crippen LogP contribution < -0.4 is 27.0 Å². The molecule has 1 aliphatic heterocycles. The molecule has 1 saturated carbocycles. The Morgan fingerprint density at radius 1 is 1.36 bits per heavy atom. The Hall–Kier alpha value is -2.35. The normalized spacial score (nSPS) is 23.0. The summed E-state index contributed by atoms with van der Waals surface area (Å²) in [6.07, 6.45) is 5.66. The lowest BCUT2D eigenvalue weighted by Gasteiger charge is -2.30. The number of allylic oxidation sites excluding steroid dienone is 1. The average molecular weight is 348 g/mol. The third kappa shape index (κ3) is 3.53. The van der Waals surface area contributed by atoms with Crippen LogP contribution in [0.2, 0.25) is 0 Å². The molecular formula is C17H25FN6O. The van der Waals surface area contributed by atoms with Crippen LogP contribution in [0.3, 0.4) is 0 Å². The van der Waals surface area contributed by atoms with Gasteiger partial charge in [0.2, 0.25) is 0 Å². The van der Waals surface area contributed by atoms with Crippen LogP contribution in [0.1, 0.15) is 48.5 Å². The molecule has 0 radical (unpaired) electrons. The Bertz CT molecular complexity index is 705. The van der Waals surface area contributed by atoms with Crippen LogP contribution in [-0.4, -0.2) is 30.0 Å². The van der Waals surface area contributed by atoms with E-state index >= 15 is 0 Å². The minimum atomic E-state index is -0.481. The van der Waals surface area contributed by atoms with E-state index in [0.29, 0.717) is 11.4 Å². The van der Waals surface area contributed by atoms with E-state index in [1.54, 1.807) is 13.2 Å². The molecule has 0 saturated heterocycles. The van der Waals surface area contributed by atoms with Gasteiger partial charge in [0.25, 0.3) is 5.91 Å². The zero-order chi connectivity index (χ0) is 18.0. The first-order chi connectivity index (χ1) is 12.0. The van der Waals surface area contributed by atoms with Crippen LogP contribution in [0, 0.1) is 5.82 Å². The Morgan fingerprint density at radius 2 is 2.12 bits per heavy atom. The summed E-state index contributed by atoms with van der Waals surface area (Å²) in [6.45, 7) is 2.04. The number of pyridine rings is 1. The molecule has 1 amide bonds. The number of fused-ring (bicyclic) bond motifs is 1. The standard InChI is InChI=1S/C17H25FN6O/c1-9(20-2)7-21-15-13-10(8-22-17(13)25)14(18)16(24-15)23-12-6-4-3-5-11(12)19/h7,11-12,20H,3-6,8,19H2,1-2H3,(H,22,25)(H2,21,23,24)/b9-7-/t11-,12+/m0/s1. The van der Waals surface area contributed by atoms with Crippen LogP contribution in [0.15, 0.2) is 11.9 Å². The molecule has 25 heavy (non-hydrogen) atoms. The number of nitrogens with two attached hydrogens (primary N) is 1. The molecule has 3 rings (SSSR count). The van der Waals surface area contributed by atoms with Gasteiger partial charge in [-0.15, -0.1) is 0 Å². The summed E-state index contributed by atoms with van der Waals surface area (Å²) in [5.41, 5.74) is 7.61. The van der Waals surface area contributed by atoms with E-state index in [2.05, 4.69) is 26.3 Å². The Balaban J connectivity index is 1.94. The molecule has 2 atom stereocenters. The fourth-order valence-corrected chi connectivity index (χ4v) is 3.24. The van der Waals surface area contributed by atoms with Gasteiger partial charge in [-0.1, -0.05) is 12.8 Å². The summed E-state index contributed by atoms with van der Waals surface area (Å²) in [7, 11) is 1.79. The predicted molar refractivity (Wildman–Crippen MR) is 95.7 cm³/mol. The Kier molecular flexibility index (Phi) is 5.08. The molecule has 0 aromatic carbocycles. The number of hydrogen-bond acceptors (Lipinski definition) is 6. The second-order valence-electron chi connectivity index (χ2n) is 6.58. The summed E-state index contributed by atoms with van der Waals surface area (Å²) >= 11 is 0. The van der Waals surface area contributed by atoms with Crippen LogP contribution in [0.4, 0.5) is 16.0 Å². The topological polar surface area (TPSA) is 104 Å². The molecule has 8 heteroatoms. The van der Waals surface area contributed by atoms with Crippen molar-refractivity contribution in [2.45, 2.75) is 51.2 Å².